The van der Waals surface area contributed by atoms with Crippen molar-refractivity contribution in [2.75, 3.05) is 13.1 Å². The monoisotopic (exact) mass is 340 g/mol. The van der Waals surface area contributed by atoms with Gasteiger partial charge in [-0.1, -0.05) is 17.7 Å². The van der Waals surface area contributed by atoms with Crippen molar-refractivity contribution in [3.05, 3.63) is 71.0 Å². The van der Waals surface area contributed by atoms with Crippen molar-refractivity contribution >= 4 is 11.8 Å². The van der Waals surface area contributed by atoms with Gasteiger partial charge in [-0.05, 0) is 56.2 Å². The van der Waals surface area contributed by atoms with E-state index in [0.29, 0.717) is 37.1 Å². The van der Waals surface area contributed by atoms with Gasteiger partial charge in [0.1, 0.15) is 5.82 Å². The van der Waals surface area contributed by atoms with Crippen LogP contribution in [0.25, 0.3) is 0 Å². The number of nitrogens with one attached hydrogen (secondary N) is 1. The zero-order valence-electron chi connectivity index (χ0n) is 14.2. The first-order valence-corrected chi connectivity index (χ1v) is 8.45. The summed E-state index contributed by atoms with van der Waals surface area (Å²) in [5, 5.41) is 2.96. The molecule has 25 heavy (non-hydrogen) atoms. The molecular formula is C20H21FN2O2. The Kier molecular flexibility index (Phi) is 5.12. The first-order valence-electron chi connectivity index (χ1n) is 8.45. The summed E-state index contributed by atoms with van der Waals surface area (Å²) in [6.45, 7) is 3.21. The fourth-order valence-corrected chi connectivity index (χ4v) is 2.98. The number of nitrogens with zero attached hydrogens (tertiary/aromatic N) is 1. The van der Waals surface area contributed by atoms with Crippen LogP contribution >= 0.6 is 0 Å². The molecule has 4 nitrogen and oxygen atoms in total. The molecule has 1 aliphatic heterocycles. The largest absolute Gasteiger partial charge is 0.349 e. The third-order valence-corrected chi connectivity index (χ3v) is 4.52. The van der Waals surface area contributed by atoms with Crippen LogP contribution in [-0.2, 0) is 0 Å². The Balaban J connectivity index is 1.53. The Morgan fingerprint density at radius 1 is 0.960 bits per heavy atom. The van der Waals surface area contributed by atoms with E-state index >= 15 is 0 Å². The maximum Gasteiger partial charge on any atom is 0.253 e. The van der Waals surface area contributed by atoms with Gasteiger partial charge in [0.15, 0.2) is 0 Å². The number of amides is 2. The van der Waals surface area contributed by atoms with Crippen molar-refractivity contribution in [3.8, 4) is 0 Å². The number of benzene rings is 2. The molecule has 2 amide bonds. The zero-order chi connectivity index (χ0) is 17.8. The Morgan fingerprint density at radius 2 is 1.52 bits per heavy atom. The smallest absolute Gasteiger partial charge is 0.253 e. The first kappa shape index (κ1) is 17.1. The van der Waals surface area contributed by atoms with Crippen LogP contribution < -0.4 is 5.32 Å². The van der Waals surface area contributed by atoms with Gasteiger partial charge in [-0.3, -0.25) is 9.59 Å². The van der Waals surface area contributed by atoms with Gasteiger partial charge in [0.05, 0.1) is 0 Å². The summed E-state index contributed by atoms with van der Waals surface area (Å²) in [5.74, 6) is -0.536. The number of carbonyl (C=O) groups is 2. The molecule has 1 heterocycles. The molecular weight excluding hydrogens is 319 g/mol. The van der Waals surface area contributed by atoms with E-state index in [4.69, 9.17) is 0 Å². The van der Waals surface area contributed by atoms with E-state index in [1.54, 1.807) is 0 Å². The lowest BCUT2D eigenvalue weighted by Gasteiger charge is -2.32. The number of hydrogen-bond donors (Lipinski definition) is 1. The highest BCUT2D eigenvalue weighted by Gasteiger charge is 2.24. The molecule has 1 N–H and O–H groups in total. The van der Waals surface area contributed by atoms with E-state index in [1.807, 2.05) is 36.1 Å². The van der Waals surface area contributed by atoms with Gasteiger partial charge in [-0.25, -0.2) is 4.39 Å². The fraction of sp³-hybridized carbons (Fsp3) is 0.300. The quantitative estimate of drug-likeness (QED) is 0.933. The van der Waals surface area contributed by atoms with E-state index < -0.39 is 0 Å². The number of hydrogen-bond acceptors (Lipinski definition) is 2. The lowest BCUT2D eigenvalue weighted by atomic mass is 10.0. The molecule has 0 unspecified atom stereocenters. The van der Waals surface area contributed by atoms with Gasteiger partial charge in [-0.2, -0.15) is 0 Å². The second-order valence-electron chi connectivity index (χ2n) is 6.41. The van der Waals surface area contributed by atoms with E-state index in [0.717, 1.165) is 5.56 Å². The lowest BCUT2D eigenvalue weighted by Crippen LogP contribution is -2.46. The summed E-state index contributed by atoms with van der Waals surface area (Å²) in [4.78, 5) is 26.5. The summed E-state index contributed by atoms with van der Waals surface area (Å²) < 4.78 is 12.9. The highest BCUT2D eigenvalue weighted by molar-refractivity contribution is 5.95. The van der Waals surface area contributed by atoms with Gasteiger partial charge in [0.2, 0.25) is 0 Å². The van der Waals surface area contributed by atoms with E-state index in [9.17, 15) is 14.0 Å². The molecule has 0 radical (unpaired) electrons. The summed E-state index contributed by atoms with van der Waals surface area (Å²) in [5.41, 5.74) is 2.26. The van der Waals surface area contributed by atoms with Gasteiger partial charge in [-0.15, -0.1) is 0 Å². The molecule has 1 saturated heterocycles. The zero-order valence-corrected chi connectivity index (χ0v) is 14.2. The Morgan fingerprint density at radius 3 is 2.12 bits per heavy atom. The van der Waals surface area contributed by atoms with Crippen molar-refractivity contribution < 1.29 is 14.0 Å². The second-order valence-corrected chi connectivity index (χ2v) is 6.41. The highest BCUT2D eigenvalue weighted by atomic mass is 19.1. The van der Waals surface area contributed by atoms with Crippen molar-refractivity contribution in [1.82, 2.24) is 10.2 Å². The molecule has 5 heteroatoms. The maximum atomic E-state index is 12.9. The molecule has 0 aliphatic carbocycles. The minimum Gasteiger partial charge on any atom is -0.349 e. The minimum absolute atomic E-state index is 0.0274. The Bertz CT molecular complexity index is 748. The molecule has 0 atom stereocenters. The van der Waals surface area contributed by atoms with Crippen LogP contribution in [0.2, 0.25) is 0 Å². The van der Waals surface area contributed by atoms with E-state index in [-0.39, 0.29) is 23.7 Å². The SMILES string of the molecule is Cc1ccc(C(=O)N2CCC(NC(=O)c3ccc(F)cc3)CC2)cc1. The number of rotatable bonds is 3. The molecule has 3 rings (SSSR count). The van der Waals surface area contributed by atoms with Gasteiger partial charge in [0.25, 0.3) is 11.8 Å². The van der Waals surface area contributed by atoms with Crippen LogP contribution in [0.5, 0.6) is 0 Å². The van der Waals surface area contributed by atoms with Crippen LogP contribution in [-0.4, -0.2) is 35.8 Å². The molecule has 0 spiro atoms. The maximum absolute atomic E-state index is 12.9. The molecule has 130 valence electrons. The number of carbonyl (C=O) groups excluding carboxylic acids is 2. The normalized spacial score (nSPS) is 15.0. The summed E-state index contributed by atoms with van der Waals surface area (Å²) in [6.07, 6.45) is 1.43. The third kappa shape index (κ3) is 4.24. The molecule has 1 fully saturated rings. The van der Waals surface area contributed by atoms with Crippen LogP contribution in [0.4, 0.5) is 4.39 Å². The van der Waals surface area contributed by atoms with Crippen molar-refractivity contribution in [2.24, 2.45) is 0 Å². The predicted molar refractivity (Wildman–Crippen MR) is 94.0 cm³/mol. The number of likely N-dealkylation sites (tertiary alicyclic amines) is 1. The van der Waals surface area contributed by atoms with Crippen molar-refractivity contribution in [1.29, 1.82) is 0 Å². The van der Waals surface area contributed by atoms with Gasteiger partial charge < -0.3 is 10.2 Å². The highest BCUT2D eigenvalue weighted by Crippen LogP contribution is 2.15. The molecule has 2 aromatic rings. The second kappa shape index (κ2) is 7.47. The minimum atomic E-state index is -0.362. The van der Waals surface area contributed by atoms with Gasteiger partial charge >= 0.3 is 0 Å². The van der Waals surface area contributed by atoms with Crippen LogP contribution in [0.1, 0.15) is 39.1 Å². The Labute approximate surface area is 146 Å². The summed E-state index contributed by atoms with van der Waals surface area (Å²) >= 11 is 0. The van der Waals surface area contributed by atoms with Crippen LogP contribution in [0, 0.1) is 12.7 Å². The van der Waals surface area contributed by atoms with Crippen LogP contribution in [0.3, 0.4) is 0 Å². The Hall–Kier alpha value is -2.69. The van der Waals surface area contributed by atoms with Crippen molar-refractivity contribution in [2.45, 2.75) is 25.8 Å². The molecule has 2 aromatic carbocycles. The average Bonchev–Trinajstić information content (AvgIpc) is 2.63. The molecule has 0 aromatic heterocycles. The molecule has 0 saturated carbocycles. The topological polar surface area (TPSA) is 49.4 Å². The van der Waals surface area contributed by atoms with Crippen LogP contribution in [0.15, 0.2) is 48.5 Å². The lowest BCUT2D eigenvalue weighted by molar-refractivity contribution is 0.0698. The van der Waals surface area contributed by atoms with E-state index in [2.05, 4.69) is 5.32 Å². The number of aryl methyl sites for hydroxylation is 1. The predicted octanol–water partition coefficient (Wildman–Crippen LogP) is 3.17. The average molecular weight is 340 g/mol. The number of piperidine rings is 1. The fourth-order valence-electron chi connectivity index (χ4n) is 2.98. The first-order chi connectivity index (χ1) is 12.0. The van der Waals surface area contributed by atoms with Gasteiger partial charge in [0, 0.05) is 30.3 Å². The number of halogens is 1. The summed E-state index contributed by atoms with van der Waals surface area (Å²) in [6, 6.07) is 13.1. The third-order valence-electron chi connectivity index (χ3n) is 4.52. The summed E-state index contributed by atoms with van der Waals surface area (Å²) in [7, 11) is 0. The molecule has 1 aliphatic rings. The van der Waals surface area contributed by atoms with Crippen molar-refractivity contribution in [3.63, 3.8) is 0 Å². The molecule has 0 bridgehead atoms. The van der Waals surface area contributed by atoms with E-state index in [1.165, 1.54) is 24.3 Å². The standard InChI is InChI=1S/C20H21FN2O2/c1-14-2-4-16(5-3-14)20(25)23-12-10-18(11-13-23)22-19(24)15-6-8-17(21)9-7-15/h2-9,18H,10-13H2,1H3,(H,22,24).